The van der Waals surface area contributed by atoms with Crippen LogP contribution in [0.25, 0.3) is 0 Å². The molecule has 14 nitrogen and oxygen atoms in total. The van der Waals surface area contributed by atoms with Crippen molar-refractivity contribution in [3.63, 3.8) is 0 Å². The van der Waals surface area contributed by atoms with Gasteiger partial charge < -0.3 is 42.1 Å². The molecule has 9 N–H and O–H groups in total. The minimum absolute atomic E-state index is 0.267. The van der Waals surface area contributed by atoms with E-state index in [9.17, 15) is 39.0 Å². The van der Waals surface area contributed by atoms with Gasteiger partial charge in [-0.15, -0.1) is 0 Å². The molecule has 0 saturated carbocycles. The molecular weight excluding hydrogens is 432 g/mol. The highest BCUT2D eigenvalue weighted by molar-refractivity contribution is 5.95. The van der Waals surface area contributed by atoms with E-state index in [-0.39, 0.29) is 6.42 Å². The number of aliphatic hydroxyl groups is 1. The number of aliphatic carboxylic acids is 3. The fraction of sp³-hybridized carbons (Fsp3) is 0.667. The summed E-state index contributed by atoms with van der Waals surface area (Å²) in [5, 5.41) is 42.6. The number of nitrogens with one attached hydrogen (secondary N) is 3. The largest absolute Gasteiger partial charge is 0.481 e. The van der Waals surface area contributed by atoms with E-state index in [0.29, 0.717) is 6.42 Å². The van der Waals surface area contributed by atoms with Crippen molar-refractivity contribution < 1.29 is 49.2 Å². The highest BCUT2D eigenvalue weighted by atomic mass is 16.4. The third-order valence-electron chi connectivity index (χ3n) is 4.61. The maximum Gasteiger partial charge on any atom is 0.326 e. The smallest absolute Gasteiger partial charge is 0.326 e. The van der Waals surface area contributed by atoms with E-state index >= 15 is 0 Å². The summed E-state index contributed by atoms with van der Waals surface area (Å²) in [7, 11) is 0. The molecule has 0 aromatic heterocycles. The molecule has 0 radical (unpaired) electrons. The molecule has 0 aromatic carbocycles. The fourth-order valence-electron chi connectivity index (χ4n) is 2.48. The lowest BCUT2D eigenvalue weighted by atomic mass is 9.99. The summed E-state index contributed by atoms with van der Waals surface area (Å²) in [6.45, 7) is 2.35. The van der Waals surface area contributed by atoms with Crippen LogP contribution in [-0.2, 0) is 28.8 Å². The predicted octanol–water partition coefficient (Wildman–Crippen LogP) is -2.77. The van der Waals surface area contributed by atoms with Gasteiger partial charge in [0.25, 0.3) is 0 Å². The number of rotatable bonds is 15. The van der Waals surface area contributed by atoms with Crippen LogP contribution in [0, 0.1) is 5.92 Å². The Morgan fingerprint density at radius 3 is 1.81 bits per heavy atom. The van der Waals surface area contributed by atoms with Gasteiger partial charge >= 0.3 is 17.9 Å². The molecule has 0 spiro atoms. The summed E-state index contributed by atoms with van der Waals surface area (Å²) >= 11 is 0. The molecule has 14 heteroatoms. The van der Waals surface area contributed by atoms with Crippen LogP contribution in [0.2, 0.25) is 0 Å². The number of amides is 3. The summed E-state index contributed by atoms with van der Waals surface area (Å²) in [6.07, 6.45) is -1.18. The minimum Gasteiger partial charge on any atom is -0.481 e. The zero-order valence-electron chi connectivity index (χ0n) is 17.7. The third-order valence-corrected chi connectivity index (χ3v) is 4.61. The van der Waals surface area contributed by atoms with Gasteiger partial charge in [0.1, 0.15) is 18.1 Å². The molecule has 5 unspecified atom stereocenters. The lowest BCUT2D eigenvalue weighted by Gasteiger charge is -2.25. The van der Waals surface area contributed by atoms with E-state index in [1.807, 2.05) is 0 Å². The Morgan fingerprint density at radius 2 is 1.38 bits per heavy atom. The minimum atomic E-state index is -1.69. The molecule has 0 aliphatic carbocycles. The van der Waals surface area contributed by atoms with Crippen molar-refractivity contribution in [2.75, 3.05) is 6.61 Å². The summed E-state index contributed by atoms with van der Waals surface area (Å²) in [5.41, 5.74) is 5.53. The van der Waals surface area contributed by atoms with Crippen LogP contribution in [0.5, 0.6) is 0 Å². The van der Waals surface area contributed by atoms with Gasteiger partial charge in [-0.25, -0.2) is 4.79 Å². The van der Waals surface area contributed by atoms with E-state index in [1.165, 1.54) is 0 Å². The molecule has 182 valence electrons. The van der Waals surface area contributed by atoms with E-state index in [4.69, 9.17) is 15.9 Å². The molecule has 0 fully saturated rings. The Balaban J connectivity index is 5.28. The van der Waals surface area contributed by atoms with Gasteiger partial charge in [-0.05, 0) is 12.3 Å². The van der Waals surface area contributed by atoms with Crippen molar-refractivity contribution in [2.24, 2.45) is 11.7 Å². The number of aliphatic hydroxyl groups excluding tert-OH is 1. The second kappa shape index (κ2) is 13.9. The molecule has 32 heavy (non-hydrogen) atoms. The fourth-order valence-corrected chi connectivity index (χ4v) is 2.48. The summed E-state index contributed by atoms with van der Waals surface area (Å²) in [4.78, 5) is 69.9. The van der Waals surface area contributed by atoms with E-state index in [0.717, 1.165) is 0 Å². The first-order chi connectivity index (χ1) is 14.8. The highest BCUT2D eigenvalue weighted by Crippen LogP contribution is 2.08. The van der Waals surface area contributed by atoms with Gasteiger partial charge in [0.2, 0.25) is 17.7 Å². The Hall–Kier alpha value is -3.26. The summed E-state index contributed by atoms with van der Waals surface area (Å²) in [6, 6.07) is -5.94. The number of hydrogen-bond acceptors (Lipinski definition) is 8. The number of carboxylic acids is 3. The Morgan fingerprint density at radius 1 is 0.844 bits per heavy atom. The normalized spacial score (nSPS) is 15.4. The molecular formula is C18H30N4O10. The van der Waals surface area contributed by atoms with Crippen molar-refractivity contribution in [1.82, 2.24) is 16.0 Å². The van der Waals surface area contributed by atoms with Crippen molar-refractivity contribution in [3.05, 3.63) is 0 Å². The quantitative estimate of drug-likeness (QED) is 0.124. The topological polar surface area (TPSA) is 245 Å². The lowest BCUT2D eigenvalue weighted by Crippen LogP contribution is -2.59. The van der Waals surface area contributed by atoms with Crippen LogP contribution in [0.15, 0.2) is 0 Å². The van der Waals surface area contributed by atoms with Gasteiger partial charge in [0.15, 0.2) is 0 Å². The van der Waals surface area contributed by atoms with Gasteiger partial charge in [-0.2, -0.15) is 0 Å². The van der Waals surface area contributed by atoms with Crippen molar-refractivity contribution in [2.45, 2.75) is 63.7 Å². The summed E-state index contributed by atoms with van der Waals surface area (Å²) < 4.78 is 0. The highest BCUT2D eigenvalue weighted by Gasteiger charge is 2.32. The average Bonchev–Trinajstić information content (AvgIpc) is 2.71. The Kier molecular flexibility index (Phi) is 12.5. The number of carboxylic acid groups (broad SMARTS) is 3. The van der Waals surface area contributed by atoms with E-state index < -0.39 is 85.2 Å². The van der Waals surface area contributed by atoms with Crippen molar-refractivity contribution in [3.8, 4) is 0 Å². The van der Waals surface area contributed by atoms with Crippen molar-refractivity contribution in [1.29, 1.82) is 0 Å². The second-order valence-electron chi connectivity index (χ2n) is 7.15. The van der Waals surface area contributed by atoms with Crippen LogP contribution >= 0.6 is 0 Å². The summed E-state index contributed by atoms with van der Waals surface area (Å²) in [5.74, 6) is -7.61. The van der Waals surface area contributed by atoms with Gasteiger partial charge in [-0.3, -0.25) is 24.0 Å². The molecule has 3 amide bonds. The Labute approximate surface area is 183 Å². The second-order valence-corrected chi connectivity index (χ2v) is 7.15. The van der Waals surface area contributed by atoms with Gasteiger partial charge in [-0.1, -0.05) is 20.3 Å². The number of carbonyl (C=O) groups excluding carboxylic acids is 3. The first-order valence-electron chi connectivity index (χ1n) is 9.77. The molecule has 0 aromatic rings. The van der Waals surface area contributed by atoms with Crippen LogP contribution in [-0.4, -0.2) is 86.8 Å². The molecule has 0 aliphatic heterocycles. The standard InChI is InChI=1S/C18H30N4O10/c1-3-8(2)14(18(31)32)22-17(30)11(7-23)21-16(29)10(6-13(26)27)20-15(28)9(19)4-5-12(24)25/h8-11,14,23H,3-7,19H2,1-2H3,(H,20,28)(H,21,29)(H,22,30)(H,24,25)(H,26,27)(H,31,32). The van der Waals surface area contributed by atoms with Crippen molar-refractivity contribution >= 4 is 35.6 Å². The van der Waals surface area contributed by atoms with Gasteiger partial charge in [0, 0.05) is 6.42 Å². The van der Waals surface area contributed by atoms with E-state index in [1.54, 1.807) is 13.8 Å². The molecule has 0 saturated heterocycles. The predicted molar refractivity (Wildman–Crippen MR) is 107 cm³/mol. The molecule has 5 atom stereocenters. The number of nitrogens with two attached hydrogens (primary N) is 1. The first kappa shape index (κ1) is 28.7. The zero-order chi connectivity index (χ0) is 25.0. The average molecular weight is 462 g/mol. The first-order valence-corrected chi connectivity index (χ1v) is 9.77. The van der Waals surface area contributed by atoms with Crippen LogP contribution in [0.3, 0.4) is 0 Å². The van der Waals surface area contributed by atoms with Gasteiger partial charge in [0.05, 0.1) is 19.1 Å². The van der Waals surface area contributed by atoms with E-state index in [2.05, 4.69) is 16.0 Å². The Bertz CT molecular complexity index is 714. The monoisotopic (exact) mass is 462 g/mol. The van der Waals surface area contributed by atoms with Crippen LogP contribution in [0.4, 0.5) is 0 Å². The molecule has 0 rings (SSSR count). The zero-order valence-corrected chi connectivity index (χ0v) is 17.7. The maximum absolute atomic E-state index is 12.5. The number of carbonyl (C=O) groups is 6. The van der Waals surface area contributed by atoms with Crippen LogP contribution < -0.4 is 21.7 Å². The SMILES string of the molecule is CCC(C)C(NC(=O)C(CO)NC(=O)C(CC(=O)O)NC(=O)C(N)CCC(=O)O)C(=O)O. The number of hydrogen-bond donors (Lipinski definition) is 8. The molecule has 0 bridgehead atoms. The lowest BCUT2D eigenvalue weighted by molar-refractivity contribution is -0.144. The molecule has 0 aliphatic rings. The van der Waals surface area contributed by atoms with Crippen LogP contribution in [0.1, 0.15) is 39.5 Å². The molecule has 0 heterocycles. The maximum atomic E-state index is 12.5. The third kappa shape index (κ3) is 10.2.